The lowest BCUT2D eigenvalue weighted by Crippen LogP contribution is -2.00. The molecule has 0 radical (unpaired) electrons. The summed E-state index contributed by atoms with van der Waals surface area (Å²) in [5, 5.41) is 0. The Hall–Kier alpha value is -1.51. The molecular formula is C12H15N3. The molecule has 0 spiro atoms. The average molecular weight is 201 g/mol. The van der Waals surface area contributed by atoms with Crippen molar-refractivity contribution in [3.05, 3.63) is 29.8 Å². The Balaban J connectivity index is 2.66. The Kier molecular flexibility index (Phi) is 2.62. The van der Waals surface area contributed by atoms with Crippen molar-refractivity contribution < 1.29 is 0 Å². The Morgan fingerprint density at radius 2 is 2.07 bits per heavy atom. The molecule has 0 aliphatic carbocycles. The Labute approximate surface area is 89.6 Å². The van der Waals surface area contributed by atoms with Gasteiger partial charge < -0.3 is 0 Å². The molecule has 0 saturated carbocycles. The van der Waals surface area contributed by atoms with Gasteiger partial charge in [-0.25, -0.2) is 9.97 Å². The highest BCUT2D eigenvalue weighted by Gasteiger charge is 2.10. The molecule has 0 N–H and O–H groups in total. The minimum absolute atomic E-state index is 0.436. The van der Waals surface area contributed by atoms with Crippen molar-refractivity contribution in [3.8, 4) is 0 Å². The Morgan fingerprint density at radius 1 is 1.27 bits per heavy atom. The van der Waals surface area contributed by atoms with Gasteiger partial charge in [0.1, 0.15) is 11.8 Å². The molecule has 0 saturated heterocycles. The molecule has 0 fully saturated rings. The van der Waals surface area contributed by atoms with Crippen molar-refractivity contribution in [1.82, 2.24) is 15.0 Å². The molecule has 0 bridgehead atoms. The maximum atomic E-state index is 4.42. The fourth-order valence-electron chi connectivity index (χ4n) is 1.62. The molecular weight excluding hydrogens is 186 g/mol. The van der Waals surface area contributed by atoms with Gasteiger partial charge in [0.2, 0.25) is 0 Å². The maximum absolute atomic E-state index is 4.42. The van der Waals surface area contributed by atoms with Crippen molar-refractivity contribution in [3.63, 3.8) is 0 Å². The van der Waals surface area contributed by atoms with Gasteiger partial charge in [-0.1, -0.05) is 13.8 Å². The standard InChI is InChI=1S/C12H15N3/c1-4-9(3)11-12-10(14-7-15-11)5-8(2)6-13-12/h5-7,9H,4H2,1-3H3. The van der Waals surface area contributed by atoms with E-state index < -0.39 is 0 Å². The largest absolute Gasteiger partial charge is 0.252 e. The van der Waals surface area contributed by atoms with E-state index in [4.69, 9.17) is 0 Å². The Morgan fingerprint density at radius 3 is 2.80 bits per heavy atom. The second-order valence-corrected chi connectivity index (χ2v) is 3.95. The van der Waals surface area contributed by atoms with Crippen LogP contribution in [0.4, 0.5) is 0 Å². The molecule has 78 valence electrons. The van der Waals surface area contributed by atoms with Crippen LogP contribution in [0.3, 0.4) is 0 Å². The molecule has 0 amide bonds. The normalized spacial score (nSPS) is 13.0. The number of aryl methyl sites for hydroxylation is 1. The summed E-state index contributed by atoms with van der Waals surface area (Å²) in [7, 11) is 0. The Bertz CT molecular complexity index is 479. The summed E-state index contributed by atoms with van der Waals surface area (Å²) in [5.41, 5.74) is 4.08. The highest BCUT2D eigenvalue weighted by Crippen LogP contribution is 2.22. The van der Waals surface area contributed by atoms with E-state index >= 15 is 0 Å². The summed E-state index contributed by atoms with van der Waals surface area (Å²) in [4.78, 5) is 13.0. The molecule has 0 aromatic carbocycles. The van der Waals surface area contributed by atoms with Crippen LogP contribution in [-0.4, -0.2) is 15.0 Å². The van der Waals surface area contributed by atoms with Gasteiger partial charge in [0, 0.05) is 12.1 Å². The number of pyridine rings is 1. The zero-order chi connectivity index (χ0) is 10.8. The minimum Gasteiger partial charge on any atom is -0.252 e. The SMILES string of the molecule is CCC(C)c1ncnc2cc(C)cnc12. The van der Waals surface area contributed by atoms with Gasteiger partial charge in [-0.15, -0.1) is 0 Å². The smallest absolute Gasteiger partial charge is 0.116 e. The summed E-state index contributed by atoms with van der Waals surface area (Å²) in [6, 6.07) is 2.05. The molecule has 3 heteroatoms. The zero-order valence-electron chi connectivity index (χ0n) is 9.36. The first kappa shape index (κ1) is 10.0. The highest BCUT2D eigenvalue weighted by atomic mass is 14.9. The second kappa shape index (κ2) is 3.93. The van der Waals surface area contributed by atoms with Crippen LogP contribution < -0.4 is 0 Å². The topological polar surface area (TPSA) is 38.7 Å². The van der Waals surface area contributed by atoms with Crippen molar-refractivity contribution in [2.24, 2.45) is 0 Å². The maximum Gasteiger partial charge on any atom is 0.116 e. The molecule has 2 aromatic heterocycles. The molecule has 2 aromatic rings. The first-order valence-electron chi connectivity index (χ1n) is 5.29. The van der Waals surface area contributed by atoms with Crippen molar-refractivity contribution in [1.29, 1.82) is 0 Å². The number of nitrogens with zero attached hydrogens (tertiary/aromatic N) is 3. The lowest BCUT2D eigenvalue weighted by atomic mass is 10.0. The van der Waals surface area contributed by atoms with Gasteiger partial charge in [-0.05, 0) is 25.0 Å². The lowest BCUT2D eigenvalue weighted by Gasteiger charge is -2.09. The molecule has 1 atom stereocenters. The van der Waals surface area contributed by atoms with Gasteiger partial charge in [0.25, 0.3) is 0 Å². The van der Waals surface area contributed by atoms with Crippen LogP contribution in [-0.2, 0) is 0 Å². The third-order valence-electron chi connectivity index (χ3n) is 2.72. The van der Waals surface area contributed by atoms with E-state index in [1.807, 2.05) is 13.1 Å². The van der Waals surface area contributed by atoms with Crippen LogP contribution in [0.25, 0.3) is 11.0 Å². The van der Waals surface area contributed by atoms with E-state index in [9.17, 15) is 0 Å². The predicted octanol–water partition coefficient (Wildman–Crippen LogP) is 2.85. The fourth-order valence-corrected chi connectivity index (χ4v) is 1.62. The van der Waals surface area contributed by atoms with Crippen LogP contribution in [0.5, 0.6) is 0 Å². The summed E-state index contributed by atoms with van der Waals surface area (Å²) >= 11 is 0. The van der Waals surface area contributed by atoms with Gasteiger partial charge in [0.15, 0.2) is 0 Å². The summed E-state index contributed by atoms with van der Waals surface area (Å²) < 4.78 is 0. The van der Waals surface area contributed by atoms with E-state index in [1.165, 1.54) is 0 Å². The van der Waals surface area contributed by atoms with E-state index in [0.717, 1.165) is 28.7 Å². The van der Waals surface area contributed by atoms with Crippen LogP contribution in [0, 0.1) is 6.92 Å². The van der Waals surface area contributed by atoms with E-state index in [-0.39, 0.29) is 0 Å². The number of rotatable bonds is 2. The molecule has 0 aliphatic rings. The average Bonchev–Trinajstić information content (AvgIpc) is 2.26. The summed E-state index contributed by atoms with van der Waals surface area (Å²) in [6.45, 7) is 6.35. The zero-order valence-corrected chi connectivity index (χ0v) is 9.36. The molecule has 15 heavy (non-hydrogen) atoms. The van der Waals surface area contributed by atoms with E-state index in [2.05, 4.69) is 34.9 Å². The second-order valence-electron chi connectivity index (χ2n) is 3.95. The van der Waals surface area contributed by atoms with E-state index in [0.29, 0.717) is 5.92 Å². The molecule has 1 unspecified atom stereocenters. The lowest BCUT2D eigenvalue weighted by molar-refractivity contribution is 0.711. The van der Waals surface area contributed by atoms with Crippen molar-refractivity contribution in [2.45, 2.75) is 33.1 Å². The van der Waals surface area contributed by atoms with E-state index in [1.54, 1.807) is 6.33 Å². The number of fused-ring (bicyclic) bond motifs is 1. The van der Waals surface area contributed by atoms with Crippen LogP contribution >= 0.6 is 0 Å². The van der Waals surface area contributed by atoms with Gasteiger partial charge in [0.05, 0.1) is 11.2 Å². The first-order valence-corrected chi connectivity index (χ1v) is 5.29. The van der Waals surface area contributed by atoms with Crippen molar-refractivity contribution >= 4 is 11.0 Å². The predicted molar refractivity (Wildman–Crippen MR) is 60.8 cm³/mol. The highest BCUT2D eigenvalue weighted by molar-refractivity contribution is 5.76. The number of aromatic nitrogens is 3. The van der Waals surface area contributed by atoms with Gasteiger partial charge in [-0.3, -0.25) is 4.98 Å². The number of hydrogen-bond donors (Lipinski definition) is 0. The monoisotopic (exact) mass is 201 g/mol. The minimum atomic E-state index is 0.436. The van der Waals surface area contributed by atoms with Gasteiger partial charge >= 0.3 is 0 Å². The molecule has 0 aliphatic heterocycles. The molecule has 3 nitrogen and oxygen atoms in total. The molecule has 2 rings (SSSR count). The van der Waals surface area contributed by atoms with Crippen LogP contribution in [0.15, 0.2) is 18.6 Å². The molecule has 2 heterocycles. The third kappa shape index (κ3) is 1.82. The van der Waals surface area contributed by atoms with Gasteiger partial charge in [-0.2, -0.15) is 0 Å². The summed E-state index contributed by atoms with van der Waals surface area (Å²) in [5.74, 6) is 0.436. The summed E-state index contributed by atoms with van der Waals surface area (Å²) in [6.07, 6.45) is 4.57. The number of hydrogen-bond acceptors (Lipinski definition) is 3. The van der Waals surface area contributed by atoms with Crippen molar-refractivity contribution in [2.75, 3.05) is 0 Å². The third-order valence-corrected chi connectivity index (χ3v) is 2.72. The first-order chi connectivity index (χ1) is 7.22. The quantitative estimate of drug-likeness (QED) is 0.750. The van der Waals surface area contributed by atoms with Crippen LogP contribution in [0.2, 0.25) is 0 Å². The fraction of sp³-hybridized carbons (Fsp3) is 0.417. The van der Waals surface area contributed by atoms with Crippen LogP contribution in [0.1, 0.15) is 37.4 Å².